The topological polar surface area (TPSA) is 112 Å². The molecular weight excluding hydrogens is 258 g/mol. The van der Waals surface area contributed by atoms with Crippen LogP contribution in [0.4, 0.5) is 5.69 Å². The van der Waals surface area contributed by atoms with Gasteiger partial charge < -0.3 is 15.5 Å². The molecule has 1 heterocycles. The second-order valence-corrected chi connectivity index (χ2v) is 4.06. The van der Waals surface area contributed by atoms with E-state index in [4.69, 9.17) is 5.11 Å². The second-order valence-electron chi connectivity index (χ2n) is 3.27. The summed E-state index contributed by atoms with van der Waals surface area (Å²) in [6, 6.07) is 3.75. The van der Waals surface area contributed by atoms with Gasteiger partial charge in [-0.05, 0) is 23.7 Å². The minimum Gasteiger partial charge on any atom is -0.507 e. The molecule has 1 aromatic carbocycles. The highest BCUT2D eigenvalue weighted by atomic mass is 32.1. The maximum absolute atomic E-state index is 11.6. The second kappa shape index (κ2) is 4.80. The Hall–Kier alpha value is -2.48. The first-order chi connectivity index (χ1) is 8.58. The molecule has 0 radical (unpaired) electrons. The van der Waals surface area contributed by atoms with E-state index in [9.17, 15) is 14.7 Å². The molecule has 0 saturated carbocycles. The van der Waals surface area contributed by atoms with E-state index in [1.807, 2.05) is 0 Å². The number of anilines is 1. The number of nitrogens with zero attached hydrogens (tertiary/aromatic N) is 2. The first kappa shape index (κ1) is 12.0. The molecular formula is C10H7N3O4S. The number of nitrogens with one attached hydrogen (secondary N) is 1. The van der Waals surface area contributed by atoms with Crippen LogP contribution in [0.15, 0.2) is 24.4 Å². The summed E-state index contributed by atoms with van der Waals surface area (Å²) in [4.78, 5) is 22.6. The van der Waals surface area contributed by atoms with Gasteiger partial charge in [-0.3, -0.25) is 4.79 Å². The average Bonchev–Trinajstić information content (AvgIpc) is 2.81. The molecule has 0 spiro atoms. The number of carboxylic acid groups (broad SMARTS) is 1. The van der Waals surface area contributed by atoms with Crippen LogP contribution < -0.4 is 5.32 Å². The van der Waals surface area contributed by atoms with Gasteiger partial charge >= 0.3 is 5.97 Å². The number of hydrogen-bond donors (Lipinski definition) is 3. The number of amides is 1. The van der Waals surface area contributed by atoms with E-state index in [1.54, 1.807) is 0 Å². The number of carboxylic acids is 1. The van der Waals surface area contributed by atoms with Gasteiger partial charge in [0.25, 0.3) is 5.91 Å². The van der Waals surface area contributed by atoms with Gasteiger partial charge in [0.05, 0.1) is 6.20 Å². The molecule has 0 aliphatic heterocycles. The third-order valence-corrected chi connectivity index (χ3v) is 2.73. The molecule has 0 saturated heterocycles. The summed E-state index contributed by atoms with van der Waals surface area (Å²) >= 11 is 0.933. The number of rotatable bonds is 3. The lowest BCUT2D eigenvalue weighted by Gasteiger charge is -2.05. The van der Waals surface area contributed by atoms with Crippen molar-refractivity contribution in [2.45, 2.75) is 0 Å². The minimum absolute atomic E-state index is 0.229. The van der Waals surface area contributed by atoms with Crippen molar-refractivity contribution in [2.75, 3.05) is 5.32 Å². The third kappa shape index (κ3) is 2.43. The fourth-order valence-corrected chi connectivity index (χ4v) is 1.66. The fraction of sp³-hybridized carbons (Fsp3) is 0. The molecule has 0 unspecified atom stereocenters. The van der Waals surface area contributed by atoms with Gasteiger partial charge in [-0.15, -0.1) is 5.10 Å². The standard InChI is InChI=1S/C10H7N3O4S/c14-7-3-5(1-2-6(7)10(16)17)12-9(15)8-4-11-13-18-8/h1-4,14H,(H,12,15)(H,16,17). The Morgan fingerprint density at radius 1 is 1.33 bits per heavy atom. The van der Waals surface area contributed by atoms with Gasteiger partial charge in [0, 0.05) is 11.8 Å². The molecule has 2 aromatic rings. The highest BCUT2D eigenvalue weighted by Gasteiger charge is 2.12. The Bertz CT molecular complexity index is 597. The summed E-state index contributed by atoms with van der Waals surface area (Å²) in [6.45, 7) is 0. The maximum Gasteiger partial charge on any atom is 0.339 e. The van der Waals surface area contributed by atoms with Gasteiger partial charge in [-0.1, -0.05) is 4.49 Å². The van der Waals surface area contributed by atoms with Gasteiger partial charge in [0.1, 0.15) is 16.2 Å². The first-order valence-electron chi connectivity index (χ1n) is 4.73. The first-order valence-corrected chi connectivity index (χ1v) is 5.50. The van der Waals surface area contributed by atoms with E-state index in [2.05, 4.69) is 14.9 Å². The van der Waals surface area contributed by atoms with Gasteiger partial charge in [-0.2, -0.15) is 0 Å². The van der Waals surface area contributed by atoms with Crippen molar-refractivity contribution in [3.8, 4) is 5.75 Å². The summed E-state index contributed by atoms with van der Waals surface area (Å²) in [5.74, 6) is -2.08. The fourth-order valence-electron chi connectivity index (χ4n) is 1.25. The molecule has 7 nitrogen and oxygen atoms in total. The van der Waals surface area contributed by atoms with Crippen LogP contribution in [0.1, 0.15) is 20.0 Å². The molecule has 0 atom stereocenters. The monoisotopic (exact) mass is 265 g/mol. The van der Waals surface area contributed by atoms with Crippen molar-refractivity contribution in [1.29, 1.82) is 0 Å². The minimum atomic E-state index is -1.24. The lowest BCUT2D eigenvalue weighted by molar-refractivity contribution is 0.0693. The van der Waals surface area contributed by atoms with Crippen molar-refractivity contribution in [3.63, 3.8) is 0 Å². The smallest absolute Gasteiger partial charge is 0.339 e. The Kier molecular flexibility index (Phi) is 3.20. The summed E-state index contributed by atoms with van der Waals surface area (Å²) < 4.78 is 3.54. The van der Waals surface area contributed by atoms with Crippen molar-refractivity contribution in [1.82, 2.24) is 9.59 Å². The Morgan fingerprint density at radius 2 is 2.11 bits per heavy atom. The third-order valence-electron chi connectivity index (χ3n) is 2.07. The molecule has 0 fully saturated rings. The molecule has 92 valence electrons. The molecule has 1 amide bonds. The normalized spacial score (nSPS) is 10.0. The van der Waals surface area contributed by atoms with Gasteiger partial charge in [0.15, 0.2) is 0 Å². The summed E-state index contributed by atoms with van der Waals surface area (Å²) in [5.41, 5.74) is 0.0587. The number of phenols is 1. The van der Waals surface area contributed by atoms with Gasteiger partial charge in [-0.25, -0.2) is 4.79 Å². The van der Waals surface area contributed by atoms with E-state index >= 15 is 0 Å². The van der Waals surface area contributed by atoms with E-state index in [0.717, 1.165) is 17.6 Å². The number of carbonyl (C=O) groups excluding carboxylic acids is 1. The zero-order chi connectivity index (χ0) is 13.1. The Balaban J connectivity index is 2.18. The van der Waals surface area contributed by atoms with E-state index in [1.165, 1.54) is 18.3 Å². The molecule has 8 heteroatoms. The predicted octanol–water partition coefficient (Wildman–Crippen LogP) is 1.19. The van der Waals surface area contributed by atoms with Crippen molar-refractivity contribution < 1.29 is 19.8 Å². The lowest BCUT2D eigenvalue weighted by Crippen LogP contribution is -2.10. The molecule has 0 aliphatic carbocycles. The highest BCUT2D eigenvalue weighted by molar-refractivity contribution is 7.07. The summed E-state index contributed by atoms with van der Waals surface area (Å²) in [7, 11) is 0. The number of aromatic nitrogens is 2. The van der Waals surface area contributed by atoms with Crippen LogP contribution in [-0.4, -0.2) is 31.7 Å². The number of carbonyl (C=O) groups is 2. The van der Waals surface area contributed by atoms with E-state index < -0.39 is 17.6 Å². The number of aromatic carboxylic acids is 1. The van der Waals surface area contributed by atoms with Crippen LogP contribution in [0, 0.1) is 0 Å². The predicted molar refractivity (Wildman–Crippen MR) is 62.9 cm³/mol. The highest BCUT2D eigenvalue weighted by Crippen LogP contribution is 2.22. The van der Waals surface area contributed by atoms with Gasteiger partial charge in [0.2, 0.25) is 0 Å². The molecule has 3 N–H and O–H groups in total. The van der Waals surface area contributed by atoms with Crippen molar-refractivity contribution in [2.24, 2.45) is 0 Å². The number of aromatic hydroxyl groups is 1. The number of benzene rings is 1. The number of hydrogen-bond acceptors (Lipinski definition) is 6. The zero-order valence-electron chi connectivity index (χ0n) is 8.82. The largest absolute Gasteiger partial charge is 0.507 e. The van der Waals surface area contributed by atoms with Crippen molar-refractivity contribution >= 4 is 29.1 Å². The quantitative estimate of drug-likeness (QED) is 0.768. The van der Waals surface area contributed by atoms with Crippen molar-refractivity contribution in [3.05, 3.63) is 34.8 Å². The van der Waals surface area contributed by atoms with Crippen LogP contribution in [0.5, 0.6) is 5.75 Å². The maximum atomic E-state index is 11.6. The SMILES string of the molecule is O=C(Nc1ccc(C(=O)O)c(O)c1)c1cnns1. The molecule has 18 heavy (non-hydrogen) atoms. The van der Waals surface area contributed by atoms with Crippen LogP contribution in [0.3, 0.4) is 0 Å². The van der Waals surface area contributed by atoms with Crippen LogP contribution in [0.25, 0.3) is 0 Å². The van der Waals surface area contributed by atoms with Crippen LogP contribution >= 0.6 is 11.5 Å². The Labute approximate surface area is 105 Å². The molecule has 0 bridgehead atoms. The summed E-state index contributed by atoms with van der Waals surface area (Å²) in [5, 5.41) is 24.2. The van der Waals surface area contributed by atoms with E-state index in [-0.39, 0.29) is 11.3 Å². The lowest BCUT2D eigenvalue weighted by atomic mass is 10.2. The summed E-state index contributed by atoms with van der Waals surface area (Å²) in [6.07, 6.45) is 1.31. The average molecular weight is 265 g/mol. The molecule has 0 aliphatic rings. The molecule has 2 rings (SSSR count). The molecule has 1 aromatic heterocycles. The van der Waals surface area contributed by atoms with E-state index in [0.29, 0.717) is 4.88 Å². The van der Waals surface area contributed by atoms with Crippen LogP contribution in [0.2, 0.25) is 0 Å². The van der Waals surface area contributed by atoms with Crippen LogP contribution in [-0.2, 0) is 0 Å². The Morgan fingerprint density at radius 3 is 2.67 bits per heavy atom. The zero-order valence-corrected chi connectivity index (χ0v) is 9.64.